The summed E-state index contributed by atoms with van der Waals surface area (Å²) in [5.74, 6) is 4.53. The van der Waals surface area contributed by atoms with Crippen LogP contribution in [0.1, 0.15) is 20.1 Å². The number of nitrogens with one attached hydrogen (secondary N) is 1. The van der Waals surface area contributed by atoms with Gasteiger partial charge in [-0.1, -0.05) is 29.5 Å². The molecule has 0 aliphatic carbocycles. The summed E-state index contributed by atoms with van der Waals surface area (Å²) in [6, 6.07) is 7.69. The summed E-state index contributed by atoms with van der Waals surface area (Å²) in [7, 11) is 0. The maximum Gasteiger partial charge on any atom is 0.261 e. The molecule has 0 bridgehead atoms. The highest BCUT2D eigenvalue weighted by molar-refractivity contribution is 7.14. The number of carbonyl (C=O) groups excluding carboxylic acids is 1. The molecule has 1 heterocycles. The number of aliphatic hydroxyl groups is 1. The van der Waals surface area contributed by atoms with Crippen molar-refractivity contribution in [2.75, 3.05) is 6.61 Å². The molecule has 0 unspecified atom stereocenters. The van der Waals surface area contributed by atoms with E-state index in [1.54, 1.807) is 18.2 Å². The van der Waals surface area contributed by atoms with Crippen LogP contribution >= 0.6 is 22.9 Å². The van der Waals surface area contributed by atoms with Crippen molar-refractivity contribution in [1.82, 2.24) is 5.32 Å². The molecule has 1 aromatic carbocycles. The van der Waals surface area contributed by atoms with Gasteiger partial charge >= 0.3 is 0 Å². The third-order valence-corrected chi connectivity index (χ3v) is 3.85. The van der Waals surface area contributed by atoms with Crippen molar-refractivity contribution in [3.63, 3.8) is 0 Å². The first kappa shape index (κ1) is 15.5. The zero-order valence-electron chi connectivity index (χ0n) is 10.8. The quantitative estimate of drug-likeness (QED) is 0.853. The van der Waals surface area contributed by atoms with Gasteiger partial charge in [0.2, 0.25) is 0 Å². The molecule has 2 aromatic rings. The molecule has 0 fully saturated rings. The van der Waals surface area contributed by atoms with Crippen molar-refractivity contribution in [3.8, 4) is 11.8 Å². The predicted molar refractivity (Wildman–Crippen MR) is 80.9 cm³/mol. The van der Waals surface area contributed by atoms with Gasteiger partial charge in [-0.15, -0.1) is 11.3 Å². The van der Waals surface area contributed by atoms with Gasteiger partial charge in [-0.05, 0) is 29.8 Å². The van der Waals surface area contributed by atoms with Crippen molar-refractivity contribution in [1.29, 1.82) is 0 Å². The van der Waals surface area contributed by atoms with E-state index in [0.717, 1.165) is 0 Å². The third-order valence-electron chi connectivity index (χ3n) is 2.56. The first-order valence-electron chi connectivity index (χ1n) is 6.02. The van der Waals surface area contributed by atoms with Crippen molar-refractivity contribution < 1.29 is 14.3 Å². The lowest BCUT2D eigenvalue weighted by atomic mass is 10.2. The predicted octanol–water partition coefficient (Wildman–Crippen LogP) is 2.81. The Kier molecular flexibility index (Phi) is 5.34. The minimum absolute atomic E-state index is 0.0273. The molecule has 0 aliphatic rings. The Bertz CT molecular complexity index is 718. The molecule has 0 atom stereocenters. The fraction of sp³-hybridized carbons (Fsp3) is 0.133. The van der Waals surface area contributed by atoms with Crippen LogP contribution in [0, 0.1) is 17.7 Å². The van der Waals surface area contributed by atoms with Crippen LogP contribution in [0.15, 0.2) is 30.3 Å². The number of benzene rings is 1. The zero-order valence-corrected chi connectivity index (χ0v) is 12.4. The molecule has 0 aliphatic heterocycles. The van der Waals surface area contributed by atoms with E-state index in [-0.39, 0.29) is 24.1 Å². The maximum atomic E-state index is 13.0. The summed E-state index contributed by atoms with van der Waals surface area (Å²) >= 11 is 6.92. The summed E-state index contributed by atoms with van der Waals surface area (Å²) in [5, 5.41) is 11.4. The van der Waals surface area contributed by atoms with Gasteiger partial charge in [0.25, 0.3) is 5.91 Å². The molecule has 21 heavy (non-hydrogen) atoms. The summed E-state index contributed by atoms with van der Waals surface area (Å²) in [6.07, 6.45) is 0. The van der Waals surface area contributed by atoms with Gasteiger partial charge in [-0.3, -0.25) is 4.79 Å². The third kappa shape index (κ3) is 4.30. The highest BCUT2D eigenvalue weighted by Gasteiger charge is 2.09. The number of hydrogen-bond acceptors (Lipinski definition) is 3. The van der Waals surface area contributed by atoms with E-state index in [2.05, 4.69) is 17.2 Å². The zero-order chi connectivity index (χ0) is 15.2. The van der Waals surface area contributed by atoms with Crippen molar-refractivity contribution >= 4 is 28.8 Å². The van der Waals surface area contributed by atoms with E-state index in [9.17, 15) is 9.18 Å². The van der Waals surface area contributed by atoms with Gasteiger partial charge in [0.15, 0.2) is 0 Å². The van der Waals surface area contributed by atoms with Crippen LogP contribution in [0.4, 0.5) is 4.39 Å². The molecule has 6 heteroatoms. The molecule has 2 rings (SSSR count). The lowest BCUT2D eigenvalue weighted by Gasteiger charge is -2.04. The molecule has 1 amide bonds. The Morgan fingerprint density at radius 2 is 2.19 bits per heavy atom. The average Bonchev–Trinajstić information content (AvgIpc) is 2.95. The van der Waals surface area contributed by atoms with E-state index in [0.29, 0.717) is 15.3 Å². The van der Waals surface area contributed by atoms with Gasteiger partial charge in [0.1, 0.15) is 12.4 Å². The monoisotopic (exact) mass is 323 g/mol. The van der Waals surface area contributed by atoms with Crippen molar-refractivity contribution in [3.05, 3.63) is 56.5 Å². The minimum atomic E-state index is -0.489. The van der Waals surface area contributed by atoms with Gasteiger partial charge in [-0.2, -0.15) is 0 Å². The second-order valence-corrected chi connectivity index (χ2v) is 5.55. The van der Waals surface area contributed by atoms with Crippen LogP contribution in [0.5, 0.6) is 0 Å². The number of aliphatic hydroxyl groups excluding tert-OH is 1. The molecule has 1 aromatic heterocycles. The number of amides is 1. The van der Waals surface area contributed by atoms with Gasteiger partial charge in [0.05, 0.1) is 14.8 Å². The average molecular weight is 324 g/mol. The Morgan fingerprint density at radius 1 is 1.38 bits per heavy atom. The highest BCUT2D eigenvalue weighted by Crippen LogP contribution is 2.17. The second kappa shape index (κ2) is 7.23. The smallest absolute Gasteiger partial charge is 0.261 e. The van der Waals surface area contributed by atoms with Crippen LogP contribution in [0.2, 0.25) is 5.02 Å². The van der Waals surface area contributed by atoms with Gasteiger partial charge in [0, 0.05) is 6.54 Å². The van der Waals surface area contributed by atoms with Crippen LogP contribution in [-0.4, -0.2) is 17.6 Å². The largest absolute Gasteiger partial charge is 0.384 e. The lowest BCUT2D eigenvalue weighted by Crippen LogP contribution is -2.21. The lowest BCUT2D eigenvalue weighted by molar-refractivity contribution is 0.0955. The van der Waals surface area contributed by atoms with Crippen LogP contribution in [0.3, 0.4) is 0 Å². The minimum Gasteiger partial charge on any atom is -0.384 e. The van der Waals surface area contributed by atoms with Crippen LogP contribution < -0.4 is 5.32 Å². The van der Waals surface area contributed by atoms with E-state index < -0.39 is 5.82 Å². The fourth-order valence-corrected chi connectivity index (χ4v) is 2.57. The second-order valence-electron chi connectivity index (χ2n) is 4.05. The normalized spacial score (nSPS) is 9.86. The standard InChI is InChI=1S/C15H11ClFNO2S/c16-12-8-10(3-5-13(12)17)9-18-15(20)14-6-4-11(21-14)2-1-7-19/h3-6,8,19H,7,9H2,(H,18,20). The summed E-state index contributed by atoms with van der Waals surface area (Å²) in [5.41, 5.74) is 0.714. The van der Waals surface area contributed by atoms with E-state index in [4.69, 9.17) is 16.7 Å². The summed E-state index contributed by atoms with van der Waals surface area (Å²) in [6.45, 7) is 0.0408. The summed E-state index contributed by atoms with van der Waals surface area (Å²) < 4.78 is 13.0. The maximum absolute atomic E-state index is 13.0. The van der Waals surface area contributed by atoms with E-state index >= 15 is 0 Å². The van der Waals surface area contributed by atoms with Crippen LogP contribution in [-0.2, 0) is 6.54 Å². The molecular formula is C15H11ClFNO2S. The molecule has 0 saturated heterocycles. The van der Waals surface area contributed by atoms with Gasteiger partial charge < -0.3 is 10.4 Å². The molecule has 3 nitrogen and oxygen atoms in total. The number of hydrogen-bond donors (Lipinski definition) is 2. The first-order valence-corrected chi connectivity index (χ1v) is 7.21. The number of carbonyl (C=O) groups is 1. The Morgan fingerprint density at radius 3 is 2.90 bits per heavy atom. The Balaban J connectivity index is 1.98. The Labute approximate surface area is 130 Å². The molecule has 0 saturated carbocycles. The SMILES string of the molecule is O=C(NCc1ccc(F)c(Cl)c1)c1ccc(C#CCO)s1. The number of halogens is 2. The molecule has 0 spiro atoms. The fourth-order valence-electron chi connectivity index (χ4n) is 1.57. The molecule has 0 radical (unpaired) electrons. The topological polar surface area (TPSA) is 49.3 Å². The van der Waals surface area contributed by atoms with Crippen molar-refractivity contribution in [2.24, 2.45) is 0 Å². The van der Waals surface area contributed by atoms with Crippen molar-refractivity contribution in [2.45, 2.75) is 6.54 Å². The summed E-state index contributed by atoms with van der Waals surface area (Å²) in [4.78, 5) is 13.2. The first-order chi connectivity index (χ1) is 10.1. The molecule has 108 valence electrons. The number of thiophene rings is 1. The number of rotatable bonds is 3. The molecular weight excluding hydrogens is 313 g/mol. The van der Waals surface area contributed by atoms with Gasteiger partial charge in [-0.25, -0.2) is 4.39 Å². The van der Waals surface area contributed by atoms with Crippen LogP contribution in [0.25, 0.3) is 0 Å². The van der Waals surface area contributed by atoms with E-state index in [1.165, 1.54) is 23.5 Å². The highest BCUT2D eigenvalue weighted by atomic mass is 35.5. The Hall–Kier alpha value is -1.87. The van der Waals surface area contributed by atoms with E-state index in [1.807, 2.05) is 0 Å². The molecule has 2 N–H and O–H groups in total.